The van der Waals surface area contributed by atoms with E-state index in [9.17, 15) is 4.79 Å². The maximum atomic E-state index is 10.9. The van der Waals surface area contributed by atoms with Crippen LogP contribution in [0.3, 0.4) is 0 Å². The van der Waals surface area contributed by atoms with Gasteiger partial charge in [-0.3, -0.25) is 10.00 Å². The number of hydrogen-bond acceptors (Lipinski definition) is 3. The van der Waals surface area contributed by atoms with Crippen LogP contribution in [0.1, 0.15) is 42.5 Å². The second kappa shape index (κ2) is 3.59. The summed E-state index contributed by atoms with van der Waals surface area (Å²) in [6.45, 7) is 8.11. The summed E-state index contributed by atoms with van der Waals surface area (Å²) in [7, 11) is 0. The number of hydrogen-bond donors (Lipinski definition) is 2. The highest BCUT2D eigenvalue weighted by molar-refractivity contribution is 5.87. The van der Waals surface area contributed by atoms with E-state index in [0.29, 0.717) is 0 Å². The molecule has 1 aliphatic rings. The number of fused-ring (bicyclic) bond motifs is 1. The Bertz CT molecular complexity index is 417. The number of nitrogens with zero attached hydrogens (tertiary/aromatic N) is 2. The van der Waals surface area contributed by atoms with Crippen LogP contribution in [-0.2, 0) is 13.0 Å². The molecule has 0 fully saturated rings. The van der Waals surface area contributed by atoms with Crippen molar-refractivity contribution in [1.82, 2.24) is 15.1 Å². The summed E-state index contributed by atoms with van der Waals surface area (Å²) >= 11 is 0. The van der Waals surface area contributed by atoms with Crippen molar-refractivity contribution in [3.63, 3.8) is 0 Å². The van der Waals surface area contributed by atoms with Crippen LogP contribution in [0.25, 0.3) is 0 Å². The molecule has 5 nitrogen and oxygen atoms in total. The second-order valence-corrected chi connectivity index (χ2v) is 5.18. The molecule has 0 aromatic carbocycles. The van der Waals surface area contributed by atoms with Crippen LogP contribution < -0.4 is 0 Å². The Balaban J connectivity index is 2.27. The van der Waals surface area contributed by atoms with Crippen molar-refractivity contribution < 1.29 is 9.90 Å². The zero-order valence-corrected chi connectivity index (χ0v) is 9.87. The third-order valence-electron chi connectivity index (χ3n) is 3.08. The molecule has 2 N–H and O–H groups in total. The highest BCUT2D eigenvalue weighted by Crippen LogP contribution is 2.25. The zero-order valence-electron chi connectivity index (χ0n) is 9.87. The molecule has 0 saturated heterocycles. The van der Waals surface area contributed by atoms with Gasteiger partial charge >= 0.3 is 5.97 Å². The number of aromatic carboxylic acids is 1. The van der Waals surface area contributed by atoms with Gasteiger partial charge in [0.1, 0.15) is 0 Å². The van der Waals surface area contributed by atoms with Crippen molar-refractivity contribution in [3.8, 4) is 0 Å². The predicted molar refractivity (Wildman–Crippen MR) is 59.4 cm³/mol. The highest BCUT2D eigenvalue weighted by atomic mass is 16.4. The molecule has 0 saturated carbocycles. The third kappa shape index (κ3) is 1.82. The van der Waals surface area contributed by atoms with Gasteiger partial charge in [0.15, 0.2) is 5.69 Å². The van der Waals surface area contributed by atoms with E-state index in [0.717, 1.165) is 30.8 Å². The van der Waals surface area contributed by atoms with Gasteiger partial charge < -0.3 is 5.11 Å². The number of aromatic nitrogens is 2. The molecule has 88 valence electrons. The van der Waals surface area contributed by atoms with Gasteiger partial charge in [-0.2, -0.15) is 5.10 Å². The van der Waals surface area contributed by atoms with Gasteiger partial charge in [0, 0.05) is 24.2 Å². The van der Waals surface area contributed by atoms with Crippen LogP contribution in [-0.4, -0.2) is 38.3 Å². The minimum atomic E-state index is -0.943. The predicted octanol–water partition coefficient (Wildman–Crippen LogP) is 1.26. The molecule has 0 amide bonds. The number of carbonyl (C=O) groups is 1. The van der Waals surface area contributed by atoms with Crippen molar-refractivity contribution >= 4 is 5.97 Å². The van der Waals surface area contributed by atoms with Crippen LogP contribution in [0.15, 0.2) is 0 Å². The number of nitrogens with one attached hydrogen (secondary N) is 1. The third-order valence-corrected chi connectivity index (χ3v) is 3.08. The normalized spacial score (nSPS) is 17.2. The summed E-state index contributed by atoms with van der Waals surface area (Å²) in [5, 5.41) is 15.7. The molecule has 1 aromatic heterocycles. The monoisotopic (exact) mass is 223 g/mol. The van der Waals surface area contributed by atoms with Gasteiger partial charge in [0.2, 0.25) is 0 Å². The molecule has 0 spiro atoms. The van der Waals surface area contributed by atoms with E-state index in [1.165, 1.54) is 0 Å². The number of carboxylic acid groups (broad SMARTS) is 1. The molecular formula is C11H17N3O2. The zero-order chi connectivity index (χ0) is 11.9. The first-order chi connectivity index (χ1) is 7.39. The molecule has 1 aromatic rings. The van der Waals surface area contributed by atoms with E-state index in [4.69, 9.17) is 5.11 Å². The van der Waals surface area contributed by atoms with E-state index in [-0.39, 0.29) is 11.2 Å². The smallest absolute Gasteiger partial charge is 0.356 e. The lowest BCUT2D eigenvalue weighted by molar-refractivity contribution is 0.0688. The first-order valence-corrected chi connectivity index (χ1v) is 5.44. The van der Waals surface area contributed by atoms with Crippen molar-refractivity contribution in [2.45, 2.75) is 39.3 Å². The SMILES string of the molecule is CC(C)(C)N1CCc2c(C(=O)O)n[nH]c2C1. The minimum Gasteiger partial charge on any atom is -0.476 e. The molecule has 0 aliphatic carbocycles. The Hall–Kier alpha value is -1.36. The average Bonchev–Trinajstić information content (AvgIpc) is 2.58. The molecule has 5 heteroatoms. The summed E-state index contributed by atoms with van der Waals surface area (Å²) in [6.07, 6.45) is 0.755. The summed E-state index contributed by atoms with van der Waals surface area (Å²) in [5.41, 5.74) is 2.10. The van der Waals surface area contributed by atoms with Gasteiger partial charge in [-0.15, -0.1) is 0 Å². The molecule has 2 rings (SSSR count). The van der Waals surface area contributed by atoms with Gasteiger partial charge in [-0.05, 0) is 27.2 Å². The summed E-state index contributed by atoms with van der Waals surface area (Å²) in [6, 6.07) is 0. The van der Waals surface area contributed by atoms with Crippen LogP contribution in [0.5, 0.6) is 0 Å². The first kappa shape index (κ1) is 11.1. The van der Waals surface area contributed by atoms with Crippen LogP contribution >= 0.6 is 0 Å². The van der Waals surface area contributed by atoms with Crippen LogP contribution in [0.4, 0.5) is 0 Å². The molecule has 16 heavy (non-hydrogen) atoms. The van der Waals surface area contributed by atoms with Crippen LogP contribution in [0.2, 0.25) is 0 Å². The first-order valence-electron chi connectivity index (χ1n) is 5.44. The van der Waals surface area contributed by atoms with E-state index in [1.807, 2.05) is 0 Å². The Kier molecular flexibility index (Phi) is 2.50. The quantitative estimate of drug-likeness (QED) is 0.752. The van der Waals surface area contributed by atoms with Gasteiger partial charge in [-0.25, -0.2) is 4.79 Å². The summed E-state index contributed by atoms with van der Waals surface area (Å²) in [5.74, 6) is -0.943. The fourth-order valence-electron chi connectivity index (χ4n) is 2.07. The van der Waals surface area contributed by atoms with Crippen molar-refractivity contribution in [3.05, 3.63) is 17.0 Å². The standard InChI is InChI=1S/C11H17N3O2/c1-11(2,3)14-5-4-7-8(6-14)12-13-9(7)10(15)16/h4-6H2,1-3H3,(H,12,13)(H,15,16). The molecule has 2 heterocycles. The summed E-state index contributed by atoms with van der Waals surface area (Å²) in [4.78, 5) is 13.2. The van der Waals surface area contributed by atoms with E-state index in [2.05, 4.69) is 35.9 Å². The number of H-pyrrole nitrogens is 1. The van der Waals surface area contributed by atoms with Gasteiger partial charge in [0.05, 0.1) is 5.69 Å². The number of carboxylic acids is 1. The van der Waals surface area contributed by atoms with Gasteiger partial charge in [-0.1, -0.05) is 0 Å². The molecule has 0 bridgehead atoms. The van der Waals surface area contributed by atoms with E-state index >= 15 is 0 Å². The second-order valence-electron chi connectivity index (χ2n) is 5.18. The van der Waals surface area contributed by atoms with Crippen molar-refractivity contribution in [2.24, 2.45) is 0 Å². The molecule has 0 radical (unpaired) electrons. The molecular weight excluding hydrogens is 206 g/mol. The number of aromatic amines is 1. The lowest BCUT2D eigenvalue weighted by Crippen LogP contribution is -2.44. The topological polar surface area (TPSA) is 69.2 Å². The Morgan fingerprint density at radius 1 is 1.50 bits per heavy atom. The van der Waals surface area contributed by atoms with E-state index < -0.39 is 5.97 Å². The maximum Gasteiger partial charge on any atom is 0.356 e. The van der Waals surface area contributed by atoms with Crippen LogP contribution in [0, 0.1) is 0 Å². The highest BCUT2D eigenvalue weighted by Gasteiger charge is 2.29. The average molecular weight is 223 g/mol. The Labute approximate surface area is 94.5 Å². The van der Waals surface area contributed by atoms with Crippen molar-refractivity contribution in [1.29, 1.82) is 0 Å². The number of rotatable bonds is 1. The Morgan fingerprint density at radius 3 is 2.75 bits per heavy atom. The summed E-state index contributed by atoms with van der Waals surface area (Å²) < 4.78 is 0. The Morgan fingerprint density at radius 2 is 2.19 bits per heavy atom. The van der Waals surface area contributed by atoms with E-state index in [1.54, 1.807) is 0 Å². The lowest BCUT2D eigenvalue weighted by atomic mass is 9.98. The maximum absolute atomic E-state index is 10.9. The lowest BCUT2D eigenvalue weighted by Gasteiger charge is -2.37. The molecule has 0 unspecified atom stereocenters. The largest absolute Gasteiger partial charge is 0.476 e. The fourth-order valence-corrected chi connectivity index (χ4v) is 2.07. The molecule has 0 atom stereocenters. The minimum absolute atomic E-state index is 0.103. The molecule has 1 aliphatic heterocycles. The van der Waals surface area contributed by atoms with Crippen molar-refractivity contribution in [2.75, 3.05) is 6.54 Å². The fraction of sp³-hybridized carbons (Fsp3) is 0.636. The van der Waals surface area contributed by atoms with Gasteiger partial charge in [0.25, 0.3) is 0 Å².